The minimum absolute atomic E-state index is 0.0746. The van der Waals surface area contributed by atoms with Crippen LogP contribution in [0.5, 0.6) is 28.7 Å². The van der Waals surface area contributed by atoms with Crippen LogP contribution in [-0.4, -0.2) is 41.8 Å². The lowest BCUT2D eigenvalue weighted by Gasteiger charge is -2.13. The minimum atomic E-state index is -3.70. The van der Waals surface area contributed by atoms with E-state index in [1.54, 1.807) is 25.1 Å². The number of allylic oxidation sites excluding steroid dienone is 1. The number of carbonyl (C=O) groups excluding carboxylic acids is 1. The first-order valence-corrected chi connectivity index (χ1v) is 10.3. The Balaban J connectivity index is 2.02. The maximum atomic E-state index is 12.8. The van der Waals surface area contributed by atoms with Crippen LogP contribution in [0.3, 0.4) is 0 Å². The summed E-state index contributed by atoms with van der Waals surface area (Å²) in [5.74, 6) is 1.35. The van der Waals surface area contributed by atoms with Gasteiger partial charge in [-0.25, -0.2) is 0 Å². The quantitative estimate of drug-likeness (QED) is 0.520. The van der Waals surface area contributed by atoms with Crippen LogP contribution in [0.4, 0.5) is 0 Å². The third kappa shape index (κ3) is 4.14. The molecule has 0 atom stereocenters. The molecular weight excluding hydrogens is 400 g/mol. The van der Waals surface area contributed by atoms with Crippen molar-refractivity contribution in [2.24, 2.45) is 0 Å². The summed E-state index contributed by atoms with van der Waals surface area (Å²) in [5, 5.41) is 0. The number of aryl methyl sites for hydroxylation is 1. The summed E-state index contributed by atoms with van der Waals surface area (Å²) < 4.78 is 49.3. The van der Waals surface area contributed by atoms with Crippen LogP contribution in [-0.2, 0) is 10.1 Å². The Morgan fingerprint density at radius 3 is 2.10 bits per heavy atom. The zero-order chi connectivity index (χ0) is 21.3. The van der Waals surface area contributed by atoms with Gasteiger partial charge in [-0.3, -0.25) is 4.79 Å². The maximum absolute atomic E-state index is 12.8. The van der Waals surface area contributed by atoms with Crippen molar-refractivity contribution in [2.75, 3.05) is 27.6 Å². The number of Topliss-reactive ketones (excluding diaryl/α,β-unsaturated/α-hetero) is 1. The molecule has 0 saturated carbocycles. The van der Waals surface area contributed by atoms with E-state index in [9.17, 15) is 13.2 Å². The molecule has 0 spiro atoms. The van der Waals surface area contributed by atoms with Gasteiger partial charge in [0.15, 0.2) is 17.3 Å². The molecule has 0 aliphatic carbocycles. The van der Waals surface area contributed by atoms with E-state index in [2.05, 4.69) is 0 Å². The van der Waals surface area contributed by atoms with E-state index >= 15 is 0 Å². The van der Waals surface area contributed by atoms with Crippen molar-refractivity contribution >= 4 is 22.0 Å². The molecule has 0 fully saturated rings. The third-order valence-corrected chi connectivity index (χ3v) is 4.67. The molecule has 0 aromatic heterocycles. The Labute approximate surface area is 168 Å². The lowest BCUT2D eigenvalue weighted by atomic mass is 10.0. The molecule has 29 heavy (non-hydrogen) atoms. The lowest BCUT2D eigenvalue weighted by molar-refractivity contribution is 0.101. The van der Waals surface area contributed by atoms with Gasteiger partial charge in [0.05, 0.1) is 33.1 Å². The lowest BCUT2D eigenvalue weighted by Crippen LogP contribution is -2.06. The van der Waals surface area contributed by atoms with Crippen molar-refractivity contribution in [3.8, 4) is 28.7 Å². The molecule has 9 heteroatoms. The van der Waals surface area contributed by atoms with Crippen molar-refractivity contribution in [2.45, 2.75) is 6.92 Å². The first kappa shape index (κ1) is 20.5. The van der Waals surface area contributed by atoms with Gasteiger partial charge in [0.1, 0.15) is 11.5 Å². The SMILES string of the molecule is COc1cc(/C=C2\Oc3cc(OS(C)(=O)=O)cc(C)c3C2=O)cc(OC)c1OC. The van der Waals surface area contributed by atoms with E-state index in [0.717, 1.165) is 6.26 Å². The van der Waals surface area contributed by atoms with Crippen LogP contribution in [0.2, 0.25) is 0 Å². The van der Waals surface area contributed by atoms with Gasteiger partial charge in [-0.15, -0.1) is 0 Å². The molecule has 0 unspecified atom stereocenters. The van der Waals surface area contributed by atoms with Crippen molar-refractivity contribution in [1.29, 1.82) is 0 Å². The molecule has 1 heterocycles. The highest BCUT2D eigenvalue weighted by Crippen LogP contribution is 2.41. The van der Waals surface area contributed by atoms with Gasteiger partial charge in [-0.1, -0.05) is 0 Å². The van der Waals surface area contributed by atoms with Crippen LogP contribution >= 0.6 is 0 Å². The highest BCUT2D eigenvalue weighted by molar-refractivity contribution is 7.86. The summed E-state index contributed by atoms with van der Waals surface area (Å²) in [6.07, 6.45) is 2.49. The Hall–Kier alpha value is -3.20. The molecular formula is C20H20O8S. The van der Waals surface area contributed by atoms with E-state index in [-0.39, 0.29) is 23.0 Å². The van der Waals surface area contributed by atoms with Gasteiger partial charge in [0.2, 0.25) is 11.5 Å². The molecule has 1 aliphatic rings. The molecule has 154 valence electrons. The third-order valence-electron chi connectivity index (χ3n) is 4.18. The molecule has 1 aliphatic heterocycles. The summed E-state index contributed by atoms with van der Waals surface area (Å²) >= 11 is 0. The predicted octanol–water partition coefficient (Wildman–Crippen LogP) is 2.98. The second kappa shape index (κ2) is 7.67. The highest BCUT2D eigenvalue weighted by atomic mass is 32.2. The van der Waals surface area contributed by atoms with Gasteiger partial charge >= 0.3 is 10.1 Å². The monoisotopic (exact) mass is 420 g/mol. The van der Waals surface area contributed by atoms with E-state index < -0.39 is 10.1 Å². The predicted molar refractivity (Wildman–Crippen MR) is 106 cm³/mol. The molecule has 0 amide bonds. The van der Waals surface area contributed by atoms with Crippen molar-refractivity contribution in [3.05, 3.63) is 46.7 Å². The molecule has 0 N–H and O–H groups in total. The summed E-state index contributed by atoms with van der Waals surface area (Å²) in [5.41, 5.74) is 1.49. The van der Waals surface area contributed by atoms with Gasteiger partial charge in [0.25, 0.3) is 0 Å². The van der Waals surface area contributed by atoms with Crippen LogP contribution < -0.4 is 23.1 Å². The van der Waals surface area contributed by atoms with Crippen LogP contribution in [0.1, 0.15) is 21.5 Å². The number of hydrogen-bond donors (Lipinski definition) is 0. The van der Waals surface area contributed by atoms with Gasteiger partial charge in [-0.05, 0) is 42.3 Å². The largest absolute Gasteiger partial charge is 0.493 e. The normalized spacial score (nSPS) is 14.4. The summed E-state index contributed by atoms with van der Waals surface area (Å²) in [6, 6.07) is 6.21. The number of ketones is 1. The molecule has 3 rings (SSSR count). The smallest absolute Gasteiger partial charge is 0.306 e. The minimum Gasteiger partial charge on any atom is -0.493 e. The number of benzene rings is 2. The molecule has 2 aromatic carbocycles. The standard InChI is InChI=1S/C20H20O8S/c1-11-6-13(28-29(5,22)23)10-14-18(11)19(21)15(27-14)7-12-8-16(24-2)20(26-4)17(9-12)25-3/h6-10H,1-5H3/b15-7-. The van der Waals surface area contributed by atoms with E-state index in [0.29, 0.717) is 33.9 Å². The van der Waals surface area contributed by atoms with Crippen molar-refractivity contribution < 1.29 is 36.3 Å². The van der Waals surface area contributed by atoms with Crippen LogP contribution in [0.25, 0.3) is 6.08 Å². The average Bonchev–Trinajstić information content (AvgIpc) is 2.95. The van der Waals surface area contributed by atoms with Crippen LogP contribution in [0, 0.1) is 6.92 Å². The average molecular weight is 420 g/mol. The Bertz CT molecular complexity index is 1090. The zero-order valence-electron chi connectivity index (χ0n) is 16.6. The van der Waals surface area contributed by atoms with E-state index in [4.69, 9.17) is 23.1 Å². The maximum Gasteiger partial charge on any atom is 0.306 e. The number of methoxy groups -OCH3 is 3. The Morgan fingerprint density at radius 1 is 0.966 bits per heavy atom. The van der Waals surface area contributed by atoms with Crippen molar-refractivity contribution in [3.63, 3.8) is 0 Å². The first-order valence-electron chi connectivity index (χ1n) is 8.45. The molecule has 0 saturated heterocycles. The fourth-order valence-corrected chi connectivity index (χ4v) is 3.48. The zero-order valence-corrected chi connectivity index (χ0v) is 17.4. The number of rotatable bonds is 6. The van der Waals surface area contributed by atoms with Crippen molar-refractivity contribution in [1.82, 2.24) is 0 Å². The molecule has 8 nitrogen and oxygen atoms in total. The second-order valence-corrected chi connectivity index (χ2v) is 7.87. The number of ether oxygens (including phenoxy) is 4. The first-order chi connectivity index (χ1) is 13.7. The number of carbonyl (C=O) groups is 1. The topological polar surface area (TPSA) is 97.4 Å². The second-order valence-electron chi connectivity index (χ2n) is 6.30. The fourth-order valence-electron chi connectivity index (χ4n) is 3.04. The number of fused-ring (bicyclic) bond motifs is 1. The van der Waals surface area contributed by atoms with Gasteiger partial charge < -0.3 is 23.1 Å². The van der Waals surface area contributed by atoms with E-state index in [1.807, 2.05) is 0 Å². The Kier molecular flexibility index (Phi) is 5.43. The summed E-state index contributed by atoms with van der Waals surface area (Å²) in [7, 11) is 0.782. The molecule has 2 aromatic rings. The van der Waals surface area contributed by atoms with Gasteiger partial charge in [0, 0.05) is 6.07 Å². The van der Waals surface area contributed by atoms with E-state index in [1.165, 1.54) is 33.5 Å². The molecule has 0 bridgehead atoms. The Morgan fingerprint density at radius 2 is 1.59 bits per heavy atom. The summed E-state index contributed by atoms with van der Waals surface area (Å²) in [4.78, 5) is 12.8. The van der Waals surface area contributed by atoms with Gasteiger partial charge in [-0.2, -0.15) is 8.42 Å². The van der Waals surface area contributed by atoms with Crippen LogP contribution in [0.15, 0.2) is 30.0 Å². The fraction of sp³-hybridized carbons (Fsp3) is 0.250. The molecule has 0 radical (unpaired) electrons. The highest BCUT2D eigenvalue weighted by Gasteiger charge is 2.30. The number of hydrogen-bond acceptors (Lipinski definition) is 8. The summed E-state index contributed by atoms with van der Waals surface area (Å²) in [6.45, 7) is 1.68.